The minimum absolute atomic E-state index is 0. The van der Waals surface area contributed by atoms with E-state index in [-0.39, 0.29) is 44.7 Å². The number of allylic oxidation sites excluding steroid dienone is 3. The maximum absolute atomic E-state index is 9.61. The second kappa shape index (κ2) is 9.11. The Bertz CT molecular complexity index is 161. The molecule has 0 aromatic carbocycles. The monoisotopic (exact) mass is 256 g/mol. The van der Waals surface area contributed by atoms with Gasteiger partial charge >= 0.3 is 0 Å². The van der Waals surface area contributed by atoms with E-state index in [0.717, 1.165) is 0 Å². The summed E-state index contributed by atoms with van der Waals surface area (Å²) in [5.74, 6) is 0.536. The van der Waals surface area contributed by atoms with E-state index in [0.29, 0.717) is 5.92 Å². The Labute approximate surface area is 107 Å². The molecule has 0 aliphatic rings. The van der Waals surface area contributed by atoms with Crippen LogP contribution in [0.15, 0.2) is 18.2 Å². The summed E-state index contributed by atoms with van der Waals surface area (Å²) in [5.41, 5.74) is 0. The molecule has 0 fully saturated rings. The molecule has 0 aromatic rings. The molecule has 0 unspecified atom stereocenters. The molecule has 1 N–H and O–H groups in total. The van der Waals surface area contributed by atoms with Gasteiger partial charge < -0.3 is 5.11 Å². The minimum Gasteiger partial charge on any atom is -0.392 e. The Morgan fingerprint density at radius 3 is 2.15 bits per heavy atom. The summed E-state index contributed by atoms with van der Waals surface area (Å²) in [6, 6.07) is 0. The molecule has 0 heterocycles. The maximum Gasteiger partial charge on any atom is 0.0608 e. The molecule has 0 aromatic heterocycles. The summed E-state index contributed by atoms with van der Waals surface area (Å²) in [5, 5.41) is 9.61. The van der Waals surface area contributed by atoms with E-state index in [2.05, 4.69) is 6.08 Å². The average Bonchev–Trinajstić information content (AvgIpc) is 2.03. The van der Waals surface area contributed by atoms with Crippen LogP contribution in [-0.4, -0.2) is 11.2 Å². The second-order valence-corrected chi connectivity index (χ2v) is 3.43. The Morgan fingerprint density at radius 1 is 1.23 bits per heavy atom. The molecule has 1 nitrogen and oxygen atoms in total. The van der Waals surface area contributed by atoms with E-state index in [1.54, 1.807) is 0 Å². The van der Waals surface area contributed by atoms with Crippen LogP contribution in [0.3, 0.4) is 0 Å². The first-order valence-corrected chi connectivity index (χ1v) is 4.45. The van der Waals surface area contributed by atoms with Gasteiger partial charge in [0.15, 0.2) is 0 Å². The topological polar surface area (TPSA) is 20.2 Å². The van der Waals surface area contributed by atoms with Crippen molar-refractivity contribution >= 4 is 0 Å². The third-order valence-electron chi connectivity index (χ3n) is 1.90. The first-order chi connectivity index (χ1) is 5.59. The SMILES string of the molecule is C[C-]=C/C=C/[C@@H](C)[C@@H](O)C(C)C.[Y]. The zero-order chi connectivity index (χ0) is 9.56. The zero-order valence-corrected chi connectivity index (χ0v) is 11.8. The van der Waals surface area contributed by atoms with Crippen molar-refractivity contribution in [1.29, 1.82) is 0 Å². The average molecular weight is 256 g/mol. The molecule has 2 atom stereocenters. The number of aliphatic hydroxyl groups excluding tert-OH is 1. The summed E-state index contributed by atoms with van der Waals surface area (Å²) < 4.78 is 0. The van der Waals surface area contributed by atoms with Gasteiger partial charge in [0, 0.05) is 32.7 Å². The molecule has 0 saturated heterocycles. The van der Waals surface area contributed by atoms with Crippen molar-refractivity contribution in [2.24, 2.45) is 11.8 Å². The van der Waals surface area contributed by atoms with Gasteiger partial charge in [-0.1, -0.05) is 20.8 Å². The van der Waals surface area contributed by atoms with Crippen molar-refractivity contribution in [3.63, 3.8) is 0 Å². The van der Waals surface area contributed by atoms with Crippen molar-refractivity contribution in [1.82, 2.24) is 0 Å². The molecule has 0 rings (SSSR count). The summed E-state index contributed by atoms with van der Waals surface area (Å²) in [7, 11) is 0. The molecule has 2 heteroatoms. The fourth-order valence-corrected chi connectivity index (χ4v) is 1.05. The van der Waals surface area contributed by atoms with Crippen molar-refractivity contribution in [2.75, 3.05) is 0 Å². The molecule has 1 radical (unpaired) electrons. The Kier molecular flexibility index (Phi) is 11.2. The molecule has 0 aliphatic carbocycles. The largest absolute Gasteiger partial charge is 0.392 e. The van der Waals surface area contributed by atoms with E-state index in [9.17, 15) is 5.11 Å². The van der Waals surface area contributed by atoms with Crippen LogP contribution in [0.2, 0.25) is 0 Å². The first-order valence-electron chi connectivity index (χ1n) is 4.45. The van der Waals surface area contributed by atoms with Crippen molar-refractivity contribution in [2.45, 2.75) is 33.8 Å². The molecule has 0 amide bonds. The quantitative estimate of drug-likeness (QED) is 0.605. The van der Waals surface area contributed by atoms with Gasteiger partial charge in [0.25, 0.3) is 0 Å². The van der Waals surface area contributed by atoms with Crippen LogP contribution in [0, 0.1) is 17.9 Å². The molecule has 0 aliphatic heterocycles. The van der Waals surface area contributed by atoms with Gasteiger partial charge in [-0.2, -0.15) is 6.08 Å². The van der Waals surface area contributed by atoms with Crippen molar-refractivity contribution in [3.05, 3.63) is 24.3 Å². The molecule has 13 heavy (non-hydrogen) atoms. The third-order valence-corrected chi connectivity index (χ3v) is 1.90. The number of rotatable bonds is 4. The van der Waals surface area contributed by atoms with Gasteiger partial charge in [-0.15, -0.1) is 6.92 Å². The summed E-state index contributed by atoms with van der Waals surface area (Å²) in [4.78, 5) is 0. The maximum atomic E-state index is 9.61. The van der Waals surface area contributed by atoms with E-state index in [1.165, 1.54) is 0 Å². The Hall–Kier alpha value is 0.544. The van der Waals surface area contributed by atoms with Crippen LogP contribution >= 0.6 is 0 Å². The van der Waals surface area contributed by atoms with E-state index < -0.39 is 0 Å². The normalized spacial score (nSPS) is 16.5. The van der Waals surface area contributed by atoms with Crippen LogP contribution in [0.5, 0.6) is 0 Å². The van der Waals surface area contributed by atoms with Crippen LogP contribution in [0.25, 0.3) is 0 Å². The van der Waals surface area contributed by atoms with Crippen molar-refractivity contribution in [3.8, 4) is 0 Å². The predicted octanol–water partition coefficient (Wildman–Crippen LogP) is 2.57. The van der Waals surface area contributed by atoms with E-state index in [4.69, 9.17) is 0 Å². The third kappa shape index (κ3) is 7.60. The molecule has 0 bridgehead atoms. The summed E-state index contributed by atoms with van der Waals surface area (Å²) in [6.45, 7) is 7.92. The summed E-state index contributed by atoms with van der Waals surface area (Å²) in [6.07, 6.45) is 8.43. The van der Waals surface area contributed by atoms with Gasteiger partial charge in [-0.25, -0.2) is 12.2 Å². The molecular formula is C11H19OY-. The molecule has 0 spiro atoms. The number of hydrogen-bond donors (Lipinski definition) is 1. The zero-order valence-electron chi connectivity index (χ0n) is 8.99. The van der Waals surface area contributed by atoms with Crippen LogP contribution in [0.1, 0.15) is 27.7 Å². The minimum atomic E-state index is -0.244. The van der Waals surface area contributed by atoms with Gasteiger partial charge in [-0.05, 0) is 11.8 Å². The van der Waals surface area contributed by atoms with Gasteiger partial charge in [0.05, 0.1) is 6.10 Å². The van der Waals surface area contributed by atoms with Crippen LogP contribution in [-0.2, 0) is 32.7 Å². The van der Waals surface area contributed by atoms with Crippen molar-refractivity contribution < 1.29 is 37.8 Å². The standard InChI is InChI=1S/C11H19O.Y/c1-5-6-7-8-10(4)11(12)9(2)3;/h6-12H,1-4H3;/q-1;/b8-7+;/t10-,11+;/m1./s1. The van der Waals surface area contributed by atoms with Gasteiger partial charge in [0.1, 0.15) is 0 Å². The Morgan fingerprint density at radius 2 is 1.77 bits per heavy atom. The Balaban J connectivity index is 0. The smallest absolute Gasteiger partial charge is 0.0608 e. The first kappa shape index (κ1) is 16.0. The molecule has 0 saturated carbocycles. The van der Waals surface area contributed by atoms with E-state index in [1.807, 2.05) is 45.9 Å². The van der Waals surface area contributed by atoms with Crippen LogP contribution < -0.4 is 0 Å². The molecule has 73 valence electrons. The van der Waals surface area contributed by atoms with Crippen LogP contribution in [0.4, 0.5) is 0 Å². The number of hydrogen-bond acceptors (Lipinski definition) is 1. The second-order valence-electron chi connectivity index (χ2n) is 3.43. The number of aliphatic hydroxyl groups is 1. The van der Waals surface area contributed by atoms with Gasteiger partial charge in [0.2, 0.25) is 0 Å². The fourth-order valence-electron chi connectivity index (χ4n) is 1.05. The van der Waals surface area contributed by atoms with Gasteiger partial charge in [-0.3, -0.25) is 6.08 Å². The summed E-state index contributed by atoms with van der Waals surface area (Å²) >= 11 is 0. The molecular weight excluding hydrogens is 237 g/mol. The fraction of sp³-hybridized carbons (Fsp3) is 0.636. The van der Waals surface area contributed by atoms with E-state index >= 15 is 0 Å². The predicted molar refractivity (Wildman–Crippen MR) is 52.6 cm³/mol.